The van der Waals surface area contributed by atoms with Gasteiger partial charge in [-0.2, -0.15) is 0 Å². The van der Waals surface area contributed by atoms with Crippen LogP contribution >= 0.6 is 7.82 Å². The molecule has 1 saturated carbocycles. The minimum atomic E-state index is -5.22. The molecule has 0 aromatic rings. The van der Waals surface area contributed by atoms with Gasteiger partial charge < -0.3 is 55.2 Å². The Morgan fingerprint density at radius 1 is 0.576 bits per heavy atom. The van der Waals surface area contributed by atoms with Gasteiger partial charge in [0.25, 0.3) is 0 Å². The third kappa shape index (κ3) is 29.4. The van der Waals surface area contributed by atoms with E-state index in [4.69, 9.17) is 18.5 Å². The third-order valence-corrected chi connectivity index (χ3v) is 11.2. The van der Waals surface area contributed by atoms with E-state index in [2.05, 4.69) is 44.2 Å². The van der Waals surface area contributed by atoms with E-state index >= 15 is 0 Å². The quantitative estimate of drug-likeness (QED) is 0.0115. The Bertz CT molecular complexity index is 1570. The fourth-order valence-corrected chi connectivity index (χ4v) is 7.28. The highest BCUT2D eigenvalue weighted by Gasteiger charge is 2.51. The standard InChI is InChI=1S/C49H79O16P/c1-3-5-7-8-9-10-11-12-13-14-15-16-17-18-19-24-28-34-43(54)64-39(37-63-66(60,61)65-49-47(58)45(56)44(55)46(57)48(49)59)36-62-42(53)35-29-33-41(52)40(51)32-27-23-21-20-22-26-31-38(50)30-25-6-4-2/h9-10,12-13,15-16,18-23,26-27,31-32,38-41,44-52,55-59H,3-8,11,14,17,24-25,28-30,33-37H2,1-2H3,(H,60,61)/b10-9-,13-12-,16-15-,19-18-,22-20-,23-21+,31-26+,32-27+/t38-,39-,40-,41-,44?,45-,46+,47-,48-,49?/m1/s1. The van der Waals surface area contributed by atoms with Crippen molar-refractivity contribution in [1.29, 1.82) is 0 Å². The van der Waals surface area contributed by atoms with Gasteiger partial charge in [-0.05, 0) is 64.2 Å². The number of aliphatic hydroxyl groups excluding tert-OH is 8. The zero-order valence-corrected chi connectivity index (χ0v) is 39.7. The summed E-state index contributed by atoms with van der Waals surface area (Å²) in [6.07, 6.45) is 25.2. The highest BCUT2D eigenvalue weighted by Crippen LogP contribution is 2.47. The molecule has 0 aromatic heterocycles. The van der Waals surface area contributed by atoms with E-state index in [-0.39, 0.29) is 25.7 Å². The molecule has 376 valence electrons. The summed E-state index contributed by atoms with van der Waals surface area (Å²) in [5.41, 5.74) is 0. The zero-order valence-electron chi connectivity index (χ0n) is 38.8. The Hall–Kier alpha value is -3.35. The van der Waals surface area contributed by atoms with Crippen LogP contribution in [0.2, 0.25) is 0 Å². The molecule has 3 unspecified atom stereocenters. The molecule has 0 heterocycles. The van der Waals surface area contributed by atoms with Crippen molar-refractivity contribution in [2.45, 2.75) is 184 Å². The van der Waals surface area contributed by atoms with Crippen molar-refractivity contribution >= 4 is 19.8 Å². The van der Waals surface area contributed by atoms with Crippen LogP contribution in [0.1, 0.15) is 123 Å². The first-order valence-electron chi connectivity index (χ1n) is 23.4. The van der Waals surface area contributed by atoms with Crippen molar-refractivity contribution in [3.63, 3.8) is 0 Å². The van der Waals surface area contributed by atoms with E-state index in [1.165, 1.54) is 25.3 Å². The molecule has 9 N–H and O–H groups in total. The van der Waals surface area contributed by atoms with E-state index in [0.29, 0.717) is 19.3 Å². The van der Waals surface area contributed by atoms with E-state index in [0.717, 1.165) is 44.9 Å². The van der Waals surface area contributed by atoms with Crippen molar-refractivity contribution in [3.05, 3.63) is 97.2 Å². The lowest BCUT2D eigenvalue weighted by atomic mass is 9.85. The van der Waals surface area contributed by atoms with Crippen molar-refractivity contribution in [1.82, 2.24) is 0 Å². The summed E-state index contributed by atoms with van der Waals surface area (Å²) < 4.78 is 33.2. The van der Waals surface area contributed by atoms with Crippen LogP contribution in [0.15, 0.2) is 97.2 Å². The summed E-state index contributed by atoms with van der Waals surface area (Å²) in [6.45, 7) is 2.81. The van der Waals surface area contributed by atoms with Crippen LogP contribution in [0, 0.1) is 0 Å². The molecule has 0 radical (unpaired) electrons. The minimum Gasteiger partial charge on any atom is -0.462 e. The van der Waals surface area contributed by atoms with E-state index in [1.807, 2.05) is 18.2 Å². The molecule has 0 bridgehead atoms. The molecule has 1 aliphatic rings. The molecule has 0 amide bonds. The number of carbonyl (C=O) groups excluding carboxylic acids is 2. The van der Waals surface area contributed by atoms with E-state index < -0.39 is 94.0 Å². The van der Waals surface area contributed by atoms with Crippen LogP contribution in [0.3, 0.4) is 0 Å². The molecule has 17 heteroatoms. The molecule has 66 heavy (non-hydrogen) atoms. The Morgan fingerprint density at radius 2 is 1.08 bits per heavy atom. The van der Waals surface area contributed by atoms with Crippen LogP contribution in [0.4, 0.5) is 0 Å². The Morgan fingerprint density at radius 3 is 1.67 bits per heavy atom. The number of ether oxygens (including phenoxy) is 2. The molecule has 11 atom stereocenters. The summed E-state index contributed by atoms with van der Waals surface area (Å²) in [4.78, 5) is 35.7. The third-order valence-electron chi connectivity index (χ3n) is 10.3. The largest absolute Gasteiger partial charge is 0.472 e. The van der Waals surface area contributed by atoms with Gasteiger partial charge in [-0.15, -0.1) is 0 Å². The molecule has 16 nitrogen and oxygen atoms in total. The lowest BCUT2D eigenvalue weighted by Gasteiger charge is -2.41. The maximum atomic E-state index is 12.8. The van der Waals surface area contributed by atoms with Gasteiger partial charge in [-0.25, -0.2) is 4.57 Å². The van der Waals surface area contributed by atoms with Crippen molar-refractivity contribution in [3.8, 4) is 0 Å². The lowest BCUT2D eigenvalue weighted by molar-refractivity contribution is -0.220. The average molecular weight is 955 g/mol. The topological polar surface area (TPSA) is 270 Å². The number of rotatable bonds is 36. The maximum absolute atomic E-state index is 12.8. The molecule has 0 spiro atoms. The first-order valence-corrected chi connectivity index (χ1v) is 24.9. The van der Waals surface area contributed by atoms with Crippen LogP contribution in [-0.2, 0) is 32.7 Å². The first-order chi connectivity index (χ1) is 31.6. The van der Waals surface area contributed by atoms with Gasteiger partial charge in [-0.1, -0.05) is 143 Å². The number of unbranched alkanes of at least 4 members (excludes halogenated alkanes) is 6. The number of carbonyl (C=O) groups is 2. The second-order valence-electron chi connectivity index (χ2n) is 16.1. The molecular formula is C49H79O16P. The molecule has 1 fully saturated rings. The number of phosphoric acid groups is 1. The molecule has 0 aliphatic heterocycles. The molecule has 0 saturated heterocycles. The number of hydrogen-bond acceptors (Lipinski definition) is 15. The summed E-state index contributed by atoms with van der Waals surface area (Å²) in [5, 5.41) is 80.7. The smallest absolute Gasteiger partial charge is 0.462 e. The predicted molar refractivity (Wildman–Crippen MR) is 253 cm³/mol. The van der Waals surface area contributed by atoms with Gasteiger partial charge in [-0.3, -0.25) is 18.6 Å². The minimum absolute atomic E-state index is 0.0287. The fraction of sp³-hybridized carbons (Fsp3) is 0.633. The molecule has 1 rings (SSSR count). The first kappa shape index (κ1) is 60.7. The van der Waals surface area contributed by atoms with Gasteiger partial charge in [0.05, 0.1) is 24.9 Å². The molecular weight excluding hydrogens is 875 g/mol. The highest BCUT2D eigenvalue weighted by molar-refractivity contribution is 7.47. The Labute approximate surface area is 391 Å². The van der Waals surface area contributed by atoms with Crippen LogP contribution in [0.5, 0.6) is 0 Å². The maximum Gasteiger partial charge on any atom is 0.472 e. The zero-order chi connectivity index (χ0) is 49.0. The summed E-state index contributed by atoms with van der Waals surface area (Å²) in [7, 11) is -5.22. The van der Waals surface area contributed by atoms with Gasteiger partial charge in [0, 0.05) is 12.8 Å². The van der Waals surface area contributed by atoms with E-state index in [1.54, 1.807) is 42.5 Å². The Kier molecular flexibility index (Phi) is 34.6. The Balaban J connectivity index is 2.66. The highest BCUT2D eigenvalue weighted by atomic mass is 31.2. The number of aliphatic hydroxyl groups is 8. The molecule has 0 aromatic carbocycles. The van der Waals surface area contributed by atoms with Gasteiger partial charge in [0.2, 0.25) is 0 Å². The SMILES string of the molecule is CCCCC/C=C\C/C=C\C/C=C\C/C=C\CCCC(=O)O[C@H](COC(=O)CCC[C@@H](O)[C@H](O)/C=C/C=C/C=C\C=C\[C@H](O)CCCCC)COP(=O)(O)OC1[C@H](O)[C@H](O)C(O)[C@H](O)[C@H]1O. The fourth-order valence-electron chi connectivity index (χ4n) is 6.31. The normalized spacial score (nSPS) is 23.6. The van der Waals surface area contributed by atoms with Gasteiger partial charge in [0.15, 0.2) is 6.10 Å². The van der Waals surface area contributed by atoms with E-state index in [9.17, 15) is 59.9 Å². The second-order valence-corrected chi connectivity index (χ2v) is 17.5. The lowest BCUT2D eigenvalue weighted by Crippen LogP contribution is -2.64. The van der Waals surface area contributed by atoms with Crippen molar-refractivity contribution in [2.24, 2.45) is 0 Å². The summed E-state index contributed by atoms with van der Waals surface area (Å²) in [5.74, 6) is -1.51. The summed E-state index contributed by atoms with van der Waals surface area (Å²) in [6, 6.07) is 0. The van der Waals surface area contributed by atoms with Crippen LogP contribution < -0.4 is 0 Å². The van der Waals surface area contributed by atoms with Crippen LogP contribution in [0.25, 0.3) is 0 Å². The van der Waals surface area contributed by atoms with Crippen molar-refractivity contribution in [2.75, 3.05) is 13.2 Å². The molecule has 1 aliphatic carbocycles. The summed E-state index contributed by atoms with van der Waals surface area (Å²) >= 11 is 0. The number of phosphoric ester groups is 1. The van der Waals surface area contributed by atoms with Gasteiger partial charge >= 0.3 is 19.8 Å². The van der Waals surface area contributed by atoms with Gasteiger partial charge in [0.1, 0.15) is 43.2 Å². The van der Waals surface area contributed by atoms with Crippen molar-refractivity contribution < 1.29 is 78.4 Å². The monoisotopic (exact) mass is 955 g/mol. The second kappa shape index (κ2) is 37.6. The van der Waals surface area contributed by atoms with Crippen LogP contribution in [-0.4, -0.2) is 132 Å². The number of allylic oxidation sites excluding steroid dienone is 14. The number of esters is 2. The number of hydrogen-bond donors (Lipinski definition) is 9. The predicted octanol–water partition coefficient (Wildman–Crippen LogP) is 5.97. The average Bonchev–Trinajstić information content (AvgIpc) is 3.29.